The molecular formula is C17H21F2N5O2. The van der Waals surface area contributed by atoms with Crippen molar-refractivity contribution in [3.63, 3.8) is 0 Å². The monoisotopic (exact) mass is 365 g/mol. The summed E-state index contributed by atoms with van der Waals surface area (Å²) in [5, 5.41) is 6.24. The van der Waals surface area contributed by atoms with Crippen LogP contribution in [-0.4, -0.2) is 42.7 Å². The van der Waals surface area contributed by atoms with Crippen LogP contribution in [0.1, 0.15) is 31.8 Å². The van der Waals surface area contributed by atoms with Gasteiger partial charge in [-0.25, -0.2) is 0 Å². The molecule has 6 N–H and O–H groups in total. The number of carbonyl (C=O) groups is 2. The molecule has 0 fully saturated rings. The first-order valence-electron chi connectivity index (χ1n) is 7.77. The van der Waals surface area contributed by atoms with Crippen molar-refractivity contribution in [2.24, 2.45) is 11.5 Å². The molecule has 26 heavy (non-hydrogen) atoms. The average Bonchev–Trinajstić information content (AvgIpc) is 2.62. The molecule has 7 nitrogen and oxygen atoms in total. The van der Waals surface area contributed by atoms with Gasteiger partial charge in [0.15, 0.2) is 11.6 Å². The van der Waals surface area contributed by atoms with Crippen LogP contribution in [0.5, 0.6) is 0 Å². The van der Waals surface area contributed by atoms with Crippen molar-refractivity contribution in [3.8, 4) is 0 Å². The van der Waals surface area contributed by atoms with Gasteiger partial charge in [-0.15, -0.1) is 0 Å². The van der Waals surface area contributed by atoms with E-state index in [9.17, 15) is 9.59 Å². The predicted octanol–water partition coefficient (Wildman–Crippen LogP) is 0.903. The van der Waals surface area contributed by atoms with Gasteiger partial charge < -0.3 is 22.1 Å². The Hall–Kier alpha value is -2.91. The van der Waals surface area contributed by atoms with Crippen molar-refractivity contribution in [1.29, 1.82) is 0 Å². The summed E-state index contributed by atoms with van der Waals surface area (Å²) in [5.74, 6) is -0.415. The molecule has 1 aliphatic rings. The predicted molar refractivity (Wildman–Crippen MR) is 97.6 cm³/mol. The number of rotatable bonds is 6. The standard InChI is InChI=1S/C17H19N5O2.2FH/c18-4-7-21-12-1-2-13(22-8-5-19)15-14(12)16(23)10-3-6-20-9-11(10)17(15)24;;/h1-3,6,9,21-22H,4-5,7-8,18-19H2;2*1H. The molecule has 3 rings (SSSR count). The Bertz CT molecular complexity index is 748. The van der Waals surface area contributed by atoms with Crippen molar-refractivity contribution < 1.29 is 19.0 Å². The van der Waals surface area contributed by atoms with E-state index in [1.165, 1.54) is 12.4 Å². The normalized spacial score (nSPS) is 11.6. The molecule has 1 aromatic heterocycles. The summed E-state index contributed by atoms with van der Waals surface area (Å²) < 4.78 is 0. The first kappa shape index (κ1) is 21.1. The topological polar surface area (TPSA) is 123 Å². The van der Waals surface area contributed by atoms with Gasteiger partial charge >= 0.3 is 0 Å². The molecule has 1 aromatic carbocycles. The number of nitrogens with zero attached hydrogens (tertiary/aromatic N) is 1. The average molecular weight is 365 g/mol. The maximum atomic E-state index is 13.0. The molecule has 0 radical (unpaired) electrons. The highest BCUT2D eigenvalue weighted by Gasteiger charge is 2.34. The highest BCUT2D eigenvalue weighted by atomic mass is 19.0. The van der Waals surface area contributed by atoms with E-state index in [4.69, 9.17) is 11.5 Å². The van der Waals surface area contributed by atoms with Gasteiger partial charge in [-0.1, -0.05) is 0 Å². The lowest BCUT2D eigenvalue weighted by atomic mass is 9.83. The van der Waals surface area contributed by atoms with E-state index < -0.39 is 0 Å². The van der Waals surface area contributed by atoms with Crippen LogP contribution >= 0.6 is 0 Å². The summed E-state index contributed by atoms with van der Waals surface area (Å²) in [4.78, 5) is 29.9. The number of anilines is 2. The van der Waals surface area contributed by atoms with Crippen LogP contribution in [0.4, 0.5) is 20.8 Å². The molecule has 0 bridgehead atoms. The Kier molecular flexibility index (Phi) is 7.29. The Balaban J connectivity index is 0.00000169. The van der Waals surface area contributed by atoms with E-state index >= 15 is 0 Å². The number of carbonyl (C=O) groups excluding carboxylic acids is 2. The van der Waals surface area contributed by atoms with Crippen molar-refractivity contribution in [2.45, 2.75) is 0 Å². The Morgan fingerprint density at radius 3 is 1.81 bits per heavy atom. The third kappa shape index (κ3) is 3.53. The van der Waals surface area contributed by atoms with Gasteiger partial charge in [0.25, 0.3) is 0 Å². The SMILES string of the molecule is F.F.NCCNc1ccc(NCCN)c2c1C(=O)c1ccncc1C2=O. The molecule has 0 spiro atoms. The number of hydrogen-bond acceptors (Lipinski definition) is 7. The zero-order valence-corrected chi connectivity index (χ0v) is 14.0. The van der Waals surface area contributed by atoms with Crippen molar-refractivity contribution >= 4 is 22.9 Å². The van der Waals surface area contributed by atoms with Gasteiger partial charge in [-0.05, 0) is 18.2 Å². The molecule has 0 atom stereocenters. The Morgan fingerprint density at radius 2 is 1.31 bits per heavy atom. The zero-order chi connectivity index (χ0) is 17.1. The van der Waals surface area contributed by atoms with E-state index in [0.29, 0.717) is 59.8 Å². The van der Waals surface area contributed by atoms with Crippen molar-refractivity contribution in [2.75, 3.05) is 36.8 Å². The lowest BCUT2D eigenvalue weighted by Crippen LogP contribution is -2.26. The Morgan fingerprint density at radius 1 is 0.808 bits per heavy atom. The number of nitrogens with one attached hydrogen (secondary N) is 2. The fourth-order valence-electron chi connectivity index (χ4n) is 2.83. The highest BCUT2D eigenvalue weighted by Crippen LogP contribution is 2.36. The largest absolute Gasteiger partial charge is 0.383 e. The molecule has 2 aromatic rings. The van der Waals surface area contributed by atoms with Crippen LogP contribution < -0.4 is 22.1 Å². The second kappa shape index (κ2) is 8.97. The fraction of sp³-hybridized carbons (Fsp3) is 0.235. The van der Waals surface area contributed by atoms with Crippen LogP contribution in [0.2, 0.25) is 0 Å². The van der Waals surface area contributed by atoms with Crippen LogP contribution in [0.3, 0.4) is 0 Å². The zero-order valence-electron chi connectivity index (χ0n) is 14.0. The number of hydrogen-bond donors (Lipinski definition) is 4. The summed E-state index contributed by atoms with van der Waals surface area (Å²) in [6.07, 6.45) is 2.95. The fourth-order valence-corrected chi connectivity index (χ4v) is 2.83. The van der Waals surface area contributed by atoms with Gasteiger partial charge in [0.1, 0.15) is 0 Å². The lowest BCUT2D eigenvalue weighted by molar-refractivity contribution is 0.0980. The number of pyridine rings is 1. The summed E-state index contributed by atoms with van der Waals surface area (Å²) >= 11 is 0. The number of benzene rings is 1. The minimum atomic E-state index is -0.219. The van der Waals surface area contributed by atoms with Crippen LogP contribution in [0, 0.1) is 0 Å². The molecule has 0 saturated heterocycles. The van der Waals surface area contributed by atoms with Gasteiger partial charge in [0.05, 0.1) is 16.7 Å². The number of ketones is 2. The molecule has 9 heteroatoms. The maximum absolute atomic E-state index is 13.0. The summed E-state index contributed by atoms with van der Waals surface area (Å²) in [6.45, 7) is 1.85. The summed E-state index contributed by atoms with van der Waals surface area (Å²) in [6, 6.07) is 5.13. The van der Waals surface area contributed by atoms with Gasteiger partial charge in [0, 0.05) is 55.5 Å². The molecule has 0 aliphatic heterocycles. The highest BCUT2D eigenvalue weighted by molar-refractivity contribution is 6.31. The van der Waals surface area contributed by atoms with Gasteiger partial charge in [-0.3, -0.25) is 24.0 Å². The number of aromatic nitrogens is 1. The lowest BCUT2D eigenvalue weighted by Gasteiger charge is -2.23. The molecule has 0 amide bonds. The van der Waals surface area contributed by atoms with E-state index in [-0.39, 0.29) is 21.0 Å². The quantitative estimate of drug-likeness (QED) is 0.512. The van der Waals surface area contributed by atoms with Crippen LogP contribution in [-0.2, 0) is 0 Å². The minimum absolute atomic E-state index is 0. The molecule has 1 heterocycles. The molecule has 0 saturated carbocycles. The van der Waals surface area contributed by atoms with Crippen LogP contribution in [0.25, 0.3) is 0 Å². The second-order valence-electron chi connectivity index (χ2n) is 5.42. The summed E-state index contributed by atoms with van der Waals surface area (Å²) in [7, 11) is 0. The Labute approximate surface area is 148 Å². The smallest absolute Gasteiger partial charge is 0.198 e. The van der Waals surface area contributed by atoms with E-state index in [1.54, 1.807) is 18.2 Å². The maximum Gasteiger partial charge on any atom is 0.198 e. The van der Waals surface area contributed by atoms with E-state index in [0.717, 1.165) is 0 Å². The third-order valence-corrected chi connectivity index (χ3v) is 3.89. The molecule has 0 unspecified atom stereocenters. The van der Waals surface area contributed by atoms with Gasteiger partial charge in [0.2, 0.25) is 0 Å². The second-order valence-corrected chi connectivity index (χ2v) is 5.42. The number of fused-ring (bicyclic) bond motifs is 2. The van der Waals surface area contributed by atoms with Crippen LogP contribution in [0.15, 0.2) is 30.6 Å². The third-order valence-electron chi connectivity index (χ3n) is 3.89. The number of halogens is 2. The van der Waals surface area contributed by atoms with Gasteiger partial charge in [-0.2, -0.15) is 0 Å². The van der Waals surface area contributed by atoms with Crippen molar-refractivity contribution in [1.82, 2.24) is 4.98 Å². The first-order chi connectivity index (χ1) is 11.7. The van der Waals surface area contributed by atoms with Crippen molar-refractivity contribution in [3.05, 3.63) is 52.8 Å². The molecular weight excluding hydrogens is 344 g/mol. The summed E-state index contributed by atoms with van der Waals surface area (Å²) in [5.41, 5.74) is 13.7. The number of nitrogens with two attached hydrogens (primary N) is 2. The first-order valence-corrected chi connectivity index (χ1v) is 7.77. The minimum Gasteiger partial charge on any atom is -0.383 e. The molecule has 140 valence electrons. The van der Waals surface area contributed by atoms with E-state index in [1.807, 2.05) is 0 Å². The molecule has 1 aliphatic carbocycles. The van der Waals surface area contributed by atoms with E-state index in [2.05, 4.69) is 15.6 Å².